The lowest BCUT2D eigenvalue weighted by molar-refractivity contribution is -0.139. The van der Waals surface area contributed by atoms with Gasteiger partial charge < -0.3 is 4.74 Å². The summed E-state index contributed by atoms with van der Waals surface area (Å²) in [6.45, 7) is 0. The van der Waals surface area contributed by atoms with Gasteiger partial charge >= 0.3 is 5.97 Å². The highest BCUT2D eigenvalue weighted by atomic mass is 19.2. The standard InChI is InChI=1S/C10H7F2NO2/c1-15-9(14)4-7-2-6(5-13)3-8(11)10(7)12/h2-3H,4H2,1H3. The maximum absolute atomic E-state index is 13.1. The van der Waals surface area contributed by atoms with Crippen LogP contribution in [0, 0.1) is 23.0 Å². The number of carbonyl (C=O) groups excluding carboxylic acids is 1. The second-order valence-corrected chi connectivity index (χ2v) is 2.80. The molecule has 0 heterocycles. The number of halogens is 2. The van der Waals surface area contributed by atoms with Crippen LogP contribution in [0.5, 0.6) is 0 Å². The fourth-order valence-corrected chi connectivity index (χ4v) is 1.07. The van der Waals surface area contributed by atoms with Gasteiger partial charge in [0.1, 0.15) is 0 Å². The van der Waals surface area contributed by atoms with Gasteiger partial charge in [0.05, 0.1) is 25.2 Å². The van der Waals surface area contributed by atoms with Gasteiger partial charge in [-0.2, -0.15) is 5.26 Å². The molecule has 3 nitrogen and oxygen atoms in total. The fraction of sp³-hybridized carbons (Fsp3) is 0.200. The zero-order chi connectivity index (χ0) is 11.4. The largest absolute Gasteiger partial charge is 0.469 e. The molecule has 0 aliphatic rings. The smallest absolute Gasteiger partial charge is 0.310 e. The van der Waals surface area contributed by atoms with Crippen LogP contribution in [0.15, 0.2) is 12.1 Å². The van der Waals surface area contributed by atoms with Crippen LogP contribution in [0.2, 0.25) is 0 Å². The van der Waals surface area contributed by atoms with Crippen LogP contribution in [-0.2, 0) is 16.0 Å². The van der Waals surface area contributed by atoms with Gasteiger partial charge in [0, 0.05) is 5.56 Å². The van der Waals surface area contributed by atoms with E-state index in [-0.39, 0.29) is 11.1 Å². The van der Waals surface area contributed by atoms with Crippen LogP contribution in [-0.4, -0.2) is 13.1 Å². The summed E-state index contributed by atoms with van der Waals surface area (Å²) in [7, 11) is 1.14. The Morgan fingerprint density at radius 2 is 2.20 bits per heavy atom. The lowest BCUT2D eigenvalue weighted by atomic mass is 10.1. The first-order chi connectivity index (χ1) is 7.08. The van der Waals surface area contributed by atoms with Crippen molar-refractivity contribution in [2.45, 2.75) is 6.42 Å². The fourth-order valence-electron chi connectivity index (χ4n) is 1.07. The van der Waals surface area contributed by atoms with Gasteiger partial charge in [-0.05, 0) is 12.1 Å². The van der Waals surface area contributed by atoms with Gasteiger partial charge in [-0.25, -0.2) is 8.78 Å². The highest BCUT2D eigenvalue weighted by Crippen LogP contribution is 2.15. The van der Waals surface area contributed by atoms with Crippen molar-refractivity contribution in [3.8, 4) is 6.07 Å². The molecule has 1 rings (SSSR count). The van der Waals surface area contributed by atoms with Gasteiger partial charge in [-0.3, -0.25) is 4.79 Å². The Bertz CT molecular complexity index is 438. The van der Waals surface area contributed by atoms with E-state index in [2.05, 4.69) is 4.74 Å². The number of nitrogens with zero attached hydrogens (tertiary/aromatic N) is 1. The Labute approximate surface area is 84.9 Å². The monoisotopic (exact) mass is 211 g/mol. The molecule has 1 aromatic rings. The normalized spacial score (nSPS) is 9.47. The van der Waals surface area contributed by atoms with Crippen LogP contribution in [0.4, 0.5) is 8.78 Å². The summed E-state index contributed by atoms with van der Waals surface area (Å²) in [5, 5.41) is 8.51. The Balaban J connectivity index is 3.12. The third kappa shape index (κ3) is 2.50. The highest BCUT2D eigenvalue weighted by molar-refractivity contribution is 5.72. The molecule has 78 valence electrons. The summed E-state index contributed by atoms with van der Waals surface area (Å²) in [5.41, 5.74) is -0.216. The summed E-state index contributed by atoms with van der Waals surface area (Å²) in [4.78, 5) is 10.9. The van der Waals surface area contributed by atoms with Crippen molar-refractivity contribution in [3.05, 3.63) is 34.9 Å². The lowest BCUT2D eigenvalue weighted by Crippen LogP contribution is -2.07. The van der Waals surface area contributed by atoms with Crippen molar-refractivity contribution >= 4 is 5.97 Å². The molecule has 0 saturated carbocycles. The van der Waals surface area contributed by atoms with Crippen molar-refractivity contribution in [2.24, 2.45) is 0 Å². The van der Waals surface area contributed by atoms with Gasteiger partial charge in [0.15, 0.2) is 11.6 Å². The molecule has 15 heavy (non-hydrogen) atoms. The van der Waals surface area contributed by atoms with E-state index in [1.54, 1.807) is 6.07 Å². The van der Waals surface area contributed by atoms with E-state index in [0.717, 1.165) is 19.2 Å². The van der Waals surface area contributed by atoms with Crippen molar-refractivity contribution in [3.63, 3.8) is 0 Å². The first-order valence-corrected chi connectivity index (χ1v) is 4.03. The average molecular weight is 211 g/mol. The molecule has 0 spiro atoms. The summed E-state index contributed by atoms with van der Waals surface area (Å²) in [5.74, 6) is -2.96. The topological polar surface area (TPSA) is 50.1 Å². The first kappa shape index (κ1) is 11.1. The number of esters is 1. The van der Waals surface area contributed by atoms with Crippen LogP contribution in [0.3, 0.4) is 0 Å². The van der Waals surface area contributed by atoms with E-state index in [0.29, 0.717) is 0 Å². The third-order valence-electron chi connectivity index (χ3n) is 1.80. The molecule has 0 radical (unpaired) electrons. The summed E-state index contributed by atoms with van der Waals surface area (Å²) in [6.07, 6.45) is -0.394. The second kappa shape index (κ2) is 4.51. The highest BCUT2D eigenvalue weighted by Gasteiger charge is 2.14. The quantitative estimate of drug-likeness (QED) is 0.697. The van der Waals surface area contributed by atoms with Gasteiger partial charge in [-0.15, -0.1) is 0 Å². The molecule has 0 bridgehead atoms. The van der Waals surface area contributed by atoms with Crippen molar-refractivity contribution in [1.29, 1.82) is 5.26 Å². The average Bonchev–Trinajstić information content (AvgIpc) is 2.24. The molecule has 0 aliphatic carbocycles. The molecule has 0 aromatic heterocycles. The van der Waals surface area contributed by atoms with E-state index < -0.39 is 24.0 Å². The molecule has 0 N–H and O–H groups in total. The number of ether oxygens (including phenoxy) is 1. The minimum absolute atomic E-state index is 0.0344. The van der Waals surface area contributed by atoms with Crippen molar-refractivity contribution in [2.75, 3.05) is 7.11 Å². The van der Waals surface area contributed by atoms with Crippen LogP contribution >= 0.6 is 0 Å². The van der Waals surface area contributed by atoms with Gasteiger partial charge in [-0.1, -0.05) is 0 Å². The zero-order valence-corrected chi connectivity index (χ0v) is 7.88. The number of nitriles is 1. The predicted molar refractivity (Wildman–Crippen MR) is 46.8 cm³/mol. The number of hydrogen-bond donors (Lipinski definition) is 0. The van der Waals surface area contributed by atoms with Crippen LogP contribution < -0.4 is 0 Å². The molecule has 1 aromatic carbocycles. The minimum atomic E-state index is -1.15. The maximum Gasteiger partial charge on any atom is 0.310 e. The molecule has 0 unspecified atom stereocenters. The predicted octanol–water partition coefficient (Wildman–Crippen LogP) is 1.55. The molecule has 0 saturated heterocycles. The molecular weight excluding hydrogens is 204 g/mol. The van der Waals surface area contributed by atoms with Crippen molar-refractivity contribution < 1.29 is 18.3 Å². The molecule has 0 fully saturated rings. The molecule has 0 amide bonds. The van der Waals surface area contributed by atoms with Gasteiger partial charge in [0.2, 0.25) is 0 Å². The lowest BCUT2D eigenvalue weighted by Gasteiger charge is -2.03. The zero-order valence-electron chi connectivity index (χ0n) is 7.88. The van der Waals surface area contributed by atoms with E-state index >= 15 is 0 Å². The number of carbonyl (C=O) groups is 1. The summed E-state index contributed by atoms with van der Waals surface area (Å²) < 4.78 is 30.3. The number of rotatable bonds is 2. The second-order valence-electron chi connectivity index (χ2n) is 2.80. The summed E-state index contributed by atoms with van der Waals surface area (Å²) in [6, 6.07) is 3.56. The maximum atomic E-state index is 13.1. The minimum Gasteiger partial charge on any atom is -0.469 e. The van der Waals surface area contributed by atoms with E-state index in [1.165, 1.54) is 0 Å². The Kier molecular flexibility index (Phi) is 3.34. The van der Waals surface area contributed by atoms with Crippen molar-refractivity contribution in [1.82, 2.24) is 0 Å². The Morgan fingerprint density at radius 3 is 2.73 bits per heavy atom. The molecule has 0 aliphatic heterocycles. The molecule has 5 heteroatoms. The first-order valence-electron chi connectivity index (χ1n) is 4.03. The number of benzene rings is 1. The molecular formula is C10H7F2NO2. The van der Waals surface area contributed by atoms with Crippen LogP contribution in [0.25, 0.3) is 0 Å². The number of hydrogen-bond acceptors (Lipinski definition) is 3. The molecule has 0 atom stereocenters. The van der Waals surface area contributed by atoms with E-state index in [1.807, 2.05) is 0 Å². The van der Waals surface area contributed by atoms with Crippen LogP contribution in [0.1, 0.15) is 11.1 Å². The third-order valence-corrected chi connectivity index (χ3v) is 1.80. The number of methoxy groups -OCH3 is 1. The van der Waals surface area contributed by atoms with E-state index in [4.69, 9.17) is 5.26 Å². The summed E-state index contributed by atoms with van der Waals surface area (Å²) >= 11 is 0. The van der Waals surface area contributed by atoms with E-state index in [9.17, 15) is 13.6 Å². The van der Waals surface area contributed by atoms with Gasteiger partial charge in [0.25, 0.3) is 0 Å². The SMILES string of the molecule is COC(=O)Cc1cc(C#N)cc(F)c1F. The Morgan fingerprint density at radius 1 is 1.53 bits per heavy atom. The Hall–Kier alpha value is -1.96.